The van der Waals surface area contributed by atoms with Crippen LogP contribution in [0.25, 0.3) is 75.4 Å². The second-order valence-corrected chi connectivity index (χ2v) is 17.9. The Kier molecular flexibility index (Phi) is 7.92. The number of anilines is 3. The largest absolute Gasteiger partial charge is 0.354 e. The number of H-pyrrole nitrogens is 1. The highest BCUT2D eigenvalue weighted by atomic mass is 32.1. The maximum Gasteiger partial charge on any atom is 0.0544 e. The molecule has 0 fully saturated rings. The quantitative estimate of drug-likeness (QED) is 0.178. The summed E-state index contributed by atoms with van der Waals surface area (Å²) >= 11 is 1.87. The summed E-state index contributed by atoms with van der Waals surface area (Å²) in [6, 6.07) is 65.2. The first-order valence-electron chi connectivity index (χ1n) is 21.1. The number of nitrogens with zero attached hydrogens (tertiary/aromatic N) is 1. The summed E-state index contributed by atoms with van der Waals surface area (Å²) in [6.07, 6.45) is 6.99. The van der Waals surface area contributed by atoms with E-state index in [1.165, 1.54) is 97.6 Å². The van der Waals surface area contributed by atoms with E-state index < -0.39 is 0 Å². The van der Waals surface area contributed by atoms with Gasteiger partial charge in [0.15, 0.2) is 0 Å². The van der Waals surface area contributed by atoms with E-state index in [1.54, 1.807) is 0 Å². The van der Waals surface area contributed by atoms with E-state index in [0.717, 1.165) is 29.9 Å². The van der Waals surface area contributed by atoms with Crippen LogP contribution >= 0.6 is 11.3 Å². The molecule has 0 spiro atoms. The Labute approximate surface area is 354 Å². The SMILES string of the molecule is CC1(C)c2cc(C3=CCCC=C3c3cccc4c3[nH]c3ccccc34)ccc2-c2ccc(N(c3ccc(-c4ccccc4)cc3)c3ccc4c(c3)sc3ccccc34)cc21. The normalized spacial score (nSPS) is 14.4. The van der Waals surface area contributed by atoms with Gasteiger partial charge < -0.3 is 9.88 Å². The molecule has 10 aromatic rings. The van der Waals surface area contributed by atoms with Crippen molar-refractivity contribution in [3.05, 3.63) is 210 Å². The summed E-state index contributed by atoms with van der Waals surface area (Å²) < 4.78 is 2.62. The van der Waals surface area contributed by atoms with Crippen LogP contribution in [-0.4, -0.2) is 4.98 Å². The molecule has 286 valence electrons. The Morgan fingerprint density at radius 3 is 1.92 bits per heavy atom. The van der Waals surface area contributed by atoms with E-state index in [4.69, 9.17) is 0 Å². The van der Waals surface area contributed by atoms with E-state index in [1.807, 2.05) is 11.3 Å². The average Bonchev–Trinajstić information content (AvgIpc) is 3.94. The lowest BCUT2D eigenvalue weighted by molar-refractivity contribution is 0.660. The maximum absolute atomic E-state index is 3.77. The fourth-order valence-corrected chi connectivity index (χ4v) is 11.2. The third-order valence-corrected chi connectivity index (χ3v) is 14.2. The molecule has 0 saturated carbocycles. The number of nitrogens with one attached hydrogen (secondary N) is 1. The number of hydrogen-bond donors (Lipinski definition) is 1. The van der Waals surface area contributed by atoms with Crippen LogP contribution in [0.1, 0.15) is 48.9 Å². The van der Waals surface area contributed by atoms with Crippen molar-refractivity contribution in [1.82, 2.24) is 4.98 Å². The van der Waals surface area contributed by atoms with Crippen LogP contribution in [0.4, 0.5) is 17.1 Å². The molecule has 0 aliphatic heterocycles. The van der Waals surface area contributed by atoms with Crippen molar-refractivity contribution in [2.24, 2.45) is 0 Å². The number of para-hydroxylation sites is 2. The van der Waals surface area contributed by atoms with Gasteiger partial charge in [0.05, 0.1) is 5.52 Å². The third-order valence-electron chi connectivity index (χ3n) is 13.1. The highest BCUT2D eigenvalue weighted by Crippen LogP contribution is 2.52. The second-order valence-electron chi connectivity index (χ2n) is 16.9. The molecule has 2 aliphatic rings. The van der Waals surface area contributed by atoms with Crippen LogP contribution < -0.4 is 4.90 Å². The molecule has 0 unspecified atom stereocenters. The van der Waals surface area contributed by atoms with Crippen molar-refractivity contribution in [3.63, 3.8) is 0 Å². The van der Waals surface area contributed by atoms with Gasteiger partial charge in [0, 0.05) is 64.5 Å². The zero-order valence-corrected chi connectivity index (χ0v) is 34.5. The lowest BCUT2D eigenvalue weighted by atomic mass is 9.80. The summed E-state index contributed by atoms with van der Waals surface area (Å²) in [5.74, 6) is 0. The van der Waals surface area contributed by atoms with Gasteiger partial charge in [-0.25, -0.2) is 0 Å². The van der Waals surface area contributed by atoms with Gasteiger partial charge in [-0.2, -0.15) is 0 Å². The van der Waals surface area contributed by atoms with E-state index in [-0.39, 0.29) is 5.41 Å². The Bertz CT molecular complexity index is 3390. The van der Waals surface area contributed by atoms with Crippen LogP contribution in [-0.2, 0) is 5.41 Å². The van der Waals surface area contributed by atoms with Crippen LogP contribution in [0.5, 0.6) is 0 Å². The van der Waals surface area contributed by atoms with Gasteiger partial charge in [0.1, 0.15) is 0 Å². The Hall–Kier alpha value is -6.94. The fourth-order valence-electron chi connectivity index (χ4n) is 10.1. The third kappa shape index (κ3) is 5.46. The molecule has 8 aromatic carbocycles. The lowest BCUT2D eigenvalue weighted by Gasteiger charge is -2.28. The molecular weight excluding hydrogens is 745 g/mol. The number of allylic oxidation sites excluding steroid dienone is 4. The predicted molar refractivity (Wildman–Crippen MR) is 258 cm³/mol. The van der Waals surface area contributed by atoms with Crippen molar-refractivity contribution in [1.29, 1.82) is 0 Å². The van der Waals surface area contributed by atoms with Gasteiger partial charge in [-0.15, -0.1) is 11.3 Å². The monoisotopic (exact) mass is 786 g/mol. The standard InChI is InChI=1S/C57H42N2S/c1-57(2)51-33-38(42-15-6-7-16-43(42)49-19-12-20-50-46-17-8-10-21-53(46)58-56(49)50)25-30-44(51)45-31-28-40(34-52(45)57)59(39-26-23-37(24-27-39)36-13-4-3-5-14-36)41-29-32-48-47-18-9-11-22-54(47)60-55(48)35-41/h3-5,8-35,58H,6-7H2,1-2H3. The van der Waals surface area contributed by atoms with Crippen LogP contribution in [0, 0.1) is 0 Å². The fraction of sp³-hybridized carbons (Fsp3) is 0.0877. The first-order chi connectivity index (χ1) is 29.5. The first kappa shape index (κ1) is 35.0. The number of rotatable bonds is 6. The molecule has 2 aromatic heterocycles. The molecule has 0 amide bonds. The molecule has 60 heavy (non-hydrogen) atoms. The summed E-state index contributed by atoms with van der Waals surface area (Å²) in [5.41, 5.74) is 18.7. The summed E-state index contributed by atoms with van der Waals surface area (Å²) in [4.78, 5) is 6.22. The minimum absolute atomic E-state index is 0.203. The highest BCUT2D eigenvalue weighted by Gasteiger charge is 2.37. The summed E-state index contributed by atoms with van der Waals surface area (Å²) in [7, 11) is 0. The van der Waals surface area contributed by atoms with Crippen molar-refractivity contribution in [2.45, 2.75) is 32.1 Å². The van der Waals surface area contributed by atoms with Gasteiger partial charge in [0.25, 0.3) is 0 Å². The molecule has 0 radical (unpaired) electrons. The van der Waals surface area contributed by atoms with E-state index in [2.05, 4.69) is 212 Å². The Morgan fingerprint density at radius 1 is 0.450 bits per heavy atom. The van der Waals surface area contributed by atoms with Crippen molar-refractivity contribution < 1.29 is 0 Å². The minimum Gasteiger partial charge on any atom is -0.354 e. The van der Waals surface area contributed by atoms with Crippen LogP contribution in [0.3, 0.4) is 0 Å². The first-order valence-corrected chi connectivity index (χ1v) is 21.9. The Morgan fingerprint density at radius 2 is 1.07 bits per heavy atom. The average molecular weight is 787 g/mol. The topological polar surface area (TPSA) is 19.0 Å². The lowest BCUT2D eigenvalue weighted by Crippen LogP contribution is -2.17. The smallest absolute Gasteiger partial charge is 0.0544 e. The molecule has 2 aliphatic carbocycles. The Balaban J connectivity index is 0.947. The number of benzene rings is 8. The van der Waals surface area contributed by atoms with Crippen LogP contribution in [0.2, 0.25) is 0 Å². The number of aromatic nitrogens is 1. The van der Waals surface area contributed by atoms with E-state index in [0.29, 0.717) is 0 Å². The molecular formula is C57H42N2S. The number of fused-ring (bicyclic) bond motifs is 9. The predicted octanol–water partition coefficient (Wildman–Crippen LogP) is 16.4. The molecule has 12 rings (SSSR count). The van der Waals surface area contributed by atoms with E-state index in [9.17, 15) is 0 Å². The van der Waals surface area contributed by atoms with E-state index >= 15 is 0 Å². The summed E-state index contributed by atoms with van der Waals surface area (Å²) in [6.45, 7) is 4.81. The summed E-state index contributed by atoms with van der Waals surface area (Å²) in [5, 5.41) is 5.18. The van der Waals surface area contributed by atoms with Crippen LogP contribution in [0.15, 0.2) is 188 Å². The zero-order chi connectivity index (χ0) is 40.0. The van der Waals surface area contributed by atoms with Crippen molar-refractivity contribution >= 4 is 81.5 Å². The molecule has 1 N–H and O–H groups in total. The molecule has 0 saturated heterocycles. The number of hydrogen-bond acceptors (Lipinski definition) is 2. The molecule has 0 bridgehead atoms. The molecule has 3 heteroatoms. The van der Waals surface area contributed by atoms with Gasteiger partial charge in [-0.3, -0.25) is 0 Å². The molecule has 2 heterocycles. The molecule has 2 nitrogen and oxygen atoms in total. The second kappa shape index (κ2) is 13.6. The van der Waals surface area contributed by atoms with Gasteiger partial charge >= 0.3 is 0 Å². The molecule has 0 atom stereocenters. The number of thiophene rings is 1. The van der Waals surface area contributed by atoms with Gasteiger partial charge in [-0.1, -0.05) is 147 Å². The van der Waals surface area contributed by atoms with Crippen molar-refractivity contribution in [2.75, 3.05) is 4.90 Å². The van der Waals surface area contributed by atoms with Gasteiger partial charge in [0.2, 0.25) is 0 Å². The maximum atomic E-state index is 3.77. The minimum atomic E-state index is -0.203. The van der Waals surface area contributed by atoms with Crippen molar-refractivity contribution in [3.8, 4) is 22.3 Å². The zero-order valence-electron chi connectivity index (χ0n) is 33.7. The van der Waals surface area contributed by atoms with Gasteiger partial charge in [-0.05, 0) is 118 Å². The number of aromatic amines is 1. The highest BCUT2D eigenvalue weighted by molar-refractivity contribution is 7.25.